The fourth-order valence-electron chi connectivity index (χ4n) is 2.16. The molecule has 1 heterocycles. The Morgan fingerprint density at radius 2 is 1.95 bits per heavy atom. The average molecular weight is 286 g/mol. The van der Waals surface area contributed by atoms with Gasteiger partial charge in [-0.05, 0) is 19.3 Å². The van der Waals surface area contributed by atoms with E-state index < -0.39 is 29.4 Å². The molecule has 0 spiro atoms. The Kier molecular flexibility index (Phi) is 4.97. The molecule has 0 saturated carbocycles. The predicted molar refractivity (Wildman–Crippen MR) is 71.1 cm³/mol. The van der Waals surface area contributed by atoms with Gasteiger partial charge in [0.1, 0.15) is 6.04 Å². The Bertz CT molecular complexity index is 410. The normalized spacial score (nSPS) is 23.6. The molecule has 0 aromatic carbocycles. The lowest BCUT2D eigenvalue weighted by molar-refractivity contribution is -0.147. The number of nitrogens with zero attached hydrogens (tertiary/aromatic N) is 1. The van der Waals surface area contributed by atoms with Gasteiger partial charge in [0.05, 0.1) is 12.5 Å². The van der Waals surface area contributed by atoms with E-state index in [1.54, 1.807) is 20.8 Å². The molecule has 0 radical (unpaired) electrons. The molecule has 2 amide bonds. The maximum atomic E-state index is 12.1. The van der Waals surface area contributed by atoms with Gasteiger partial charge in [0.2, 0.25) is 0 Å². The molecule has 114 valence electrons. The van der Waals surface area contributed by atoms with Gasteiger partial charge in [-0.2, -0.15) is 0 Å². The summed E-state index contributed by atoms with van der Waals surface area (Å²) in [5.41, 5.74) is -0.921. The number of nitrogens with one attached hydrogen (secondary N) is 1. The van der Waals surface area contributed by atoms with Crippen molar-refractivity contribution >= 4 is 18.0 Å². The highest BCUT2D eigenvalue weighted by molar-refractivity contribution is 5.85. The minimum Gasteiger partial charge on any atom is -0.481 e. The van der Waals surface area contributed by atoms with Crippen LogP contribution in [0, 0.1) is 11.3 Å². The van der Waals surface area contributed by atoms with E-state index in [2.05, 4.69) is 10.1 Å². The number of esters is 1. The molecular formula is C13H22N2O5. The molecule has 1 fully saturated rings. The molecule has 1 saturated heterocycles. The van der Waals surface area contributed by atoms with Gasteiger partial charge in [-0.3, -0.25) is 4.79 Å². The maximum absolute atomic E-state index is 12.1. The van der Waals surface area contributed by atoms with Crippen molar-refractivity contribution in [3.8, 4) is 0 Å². The van der Waals surface area contributed by atoms with E-state index in [1.165, 1.54) is 12.0 Å². The Balaban J connectivity index is 2.68. The van der Waals surface area contributed by atoms with E-state index in [-0.39, 0.29) is 12.5 Å². The zero-order valence-electron chi connectivity index (χ0n) is 12.3. The van der Waals surface area contributed by atoms with Gasteiger partial charge in [0.25, 0.3) is 0 Å². The largest absolute Gasteiger partial charge is 0.481 e. The van der Waals surface area contributed by atoms with Gasteiger partial charge in [-0.15, -0.1) is 0 Å². The number of methoxy groups -OCH3 is 1. The lowest BCUT2D eigenvalue weighted by atomic mass is 9.90. The summed E-state index contributed by atoms with van der Waals surface area (Å²) in [6.07, 6.45) is 0.403. The summed E-state index contributed by atoms with van der Waals surface area (Å²) in [5, 5.41) is 11.7. The number of carbonyl (C=O) groups is 3. The molecule has 1 aliphatic heterocycles. The number of amides is 2. The Hall–Kier alpha value is -1.79. The van der Waals surface area contributed by atoms with Crippen molar-refractivity contribution in [2.75, 3.05) is 20.2 Å². The smallest absolute Gasteiger partial charge is 0.328 e. The fourth-order valence-corrected chi connectivity index (χ4v) is 2.16. The third kappa shape index (κ3) is 3.40. The lowest BCUT2D eigenvalue weighted by Gasteiger charge is -2.25. The molecule has 0 bridgehead atoms. The van der Waals surface area contributed by atoms with Crippen molar-refractivity contribution in [2.24, 2.45) is 11.3 Å². The van der Waals surface area contributed by atoms with Crippen molar-refractivity contribution in [2.45, 2.75) is 33.2 Å². The molecule has 7 heteroatoms. The first-order chi connectivity index (χ1) is 9.21. The fraction of sp³-hybridized carbons (Fsp3) is 0.769. The van der Waals surface area contributed by atoms with Crippen LogP contribution in [0.4, 0.5) is 4.79 Å². The molecule has 1 rings (SSSR count). The Morgan fingerprint density at radius 3 is 2.35 bits per heavy atom. The highest BCUT2D eigenvalue weighted by atomic mass is 16.5. The van der Waals surface area contributed by atoms with Crippen LogP contribution < -0.4 is 5.32 Å². The van der Waals surface area contributed by atoms with Crippen molar-refractivity contribution in [3.63, 3.8) is 0 Å². The second-order valence-corrected chi connectivity index (χ2v) is 5.73. The summed E-state index contributed by atoms with van der Waals surface area (Å²) >= 11 is 0. The first-order valence-electron chi connectivity index (χ1n) is 6.58. The van der Waals surface area contributed by atoms with Crippen molar-refractivity contribution in [1.82, 2.24) is 10.2 Å². The molecule has 1 aliphatic rings. The number of likely N-dealkylation sites (tertiary alicyclic amines) is 1. The van der Waals surface area contributed by atoms with Crippen molar-refractivity contribution < 1.29 is 24.2 Å². The topological polar surface area (TPSA) is 95.9 Å². The highest BCUT2D eigenvalue weighted by Crippen LogP contribution is 2.30. The van der Waals surface area contributed by atoms with Crippen LogP contribution in [0.15, 0.2) is 0 Å². The molecule has 7 nitrogen and oxygen atoms in total. The molecule has 2 atom stereocenters. The SMILES string of the molecule is COC(=O)C(NC(=O)N1CCC(C)(C(=O)O)C1)C(C)C. The molecule has 0 aromatic rings. The summed E-state index contributed by atoms with van der Waals surface area (Å²) in [4.78, 5) is 36.3. The van der Waals surface area contributed by atoms with Crippen molar-refractivity contribution in [3.05, 3.63) is 0 Å². The first kappa shape index (κ1) is 16.3. The number of urea groups is 1. The minimum absolute atomic E-state index is 0.111. The third-order valence-electron chi connectivity index (χ3n) is 3.68. The summed E-state index contributed by atoms with van der Waals surface area (Å²) in [5.74, 6) is -1.53. The van der Waals surface area contributed by atoms with E-state index >= 15 is 0 Å². The Labute approximate surface area is 118 Å². The van der Waals surface area contributed by atoms with E-state index in [0.29, 0.717) is 13.0 Å². The molecule has 0 aromatic heterocycles. The van der Waals surface area contributed by atoms with Crippen molar-refractivity contribution in [1.29, 1.82) is 0 Å². The van der Waals surface area contributed by atoms with Crippen LogP contribution in [-0.4, -0.2) is 54.2 Å². The number of hydrogen-bond acceptors (Lipinski definition) is 4. The number of aliphatic carboxylic acids is 1. The summed E-state index contributed by atoms with van der Waals surface area (Å²) < 4.78 is 4.65. The van der Waals surface area contributed by atoms with Crippen LogP contribution in [0.25, 0.3) is 0 Å². The molecule has 20 heavy (non-hydrogen) atoms. The maximum Gasteiger partial charge on any atom is 0.328 e. The molecular weight excluding hydrogens is 264 g/mol. The monoisotopic (exact) mass is 286 g/mol. The number of ether oxygens (including phenoxy) is 1. The van der Waals surface area contributed by atoms with Crippen LogP contribution in [0.5, 0.6) is 0 Å². The average Bonchev–Trinajstić information content (AvgIpc) is 2.78. The summed E-state index contributed by atoms with van der Waals surface area (Å²) in [7, 11) is 1.27. The molecule has 0 aliphatic carbocycles. The third-order valence-corrected chi connectivity index (χ3v) is 3.68. The van der Waals surface area contributed by atoms with Gasteiger partial charge < -0.3 is 20.1 Å². The summed E-state index contributed by atoms with van der Waals surface area (Å²) in [6, 6.07) is -1.16. The van der Waals surface area contributed by atoms with Gasteiger partial charge in [-0.1, -0.05) is 13.8 Å². The molecule has 2 unspecified atom stereocenters. The first-order valence-corrected chi connectivity index (χ1v) is 6.58. The van der Waals surface area contributed by atoms with E-state index in [0.717, 1.165) is 0 Å². The van der Waals surface area contributed by atoms with E-state index in [4.69, 9.17) is 5.11 Å². The van der Waals surface area contributed by atoms with Gasteiger partial charge in [-0.25, -0.2) is 9.59 Å². The highest BCUT2D eigenvalue weighted by Gasteiger charge is 2.42. The summed E-state index contributed by atoms with van der Waals surface area (Å²) in [6.45, 7) is 5.71. The van der Waals surface area contributed by atoms with Crippen LogP contribution in [0.3, 0.4) is 0 Å². The predicted octanol–water partition coefficient (Wildman–Crippen LogP) is 0.690. The number of carboxylic acid groups (broad SMARTS) is 1. The van der Waals surface area contributed by atoms with Crippen LogP contribution in [0.2, 0.25) is 0 Å². The number of rotatable bonds is 4. The number of carboxylic acids is 1. The van der Waals surface area contributed by atoms with Gasteiger partial charge in [0.15, 0.2) is 0 Å². The standard InChI is InChI=1S/C13H22N2O5/c1-8(2)9(10(16)20-4)14-12(19)15-6-5-13(3,7-15)11(17)18/h8-9H,5-7H2,1-4H3,(H,14,19)(H,17,18). The van der Waals surface area contributed by atoms with Crippen LogP contribution >= 0.6 is 0 Å². The van der Waals surface area contributed by atoms with Crippen LogP contribution in [-0.2, 0) is 14.3 Å². The Morgan fingerprint density at radius 1 is 1.35 bits per heavy atom. The minimum atomic E-state index is -0.921. The van der Waals surface area contributed by atoms with Gasteiger partial charge in [0, 0.05) is 13.1 Å². The zero-order valence-corrected chi connectivity index (χ0v) is 12.3. The number of carbonyl (C=O) groups excluding carboxylic acids is 2. The van der Waals surface area contributed by atoms with Gasteiger partial charge >= 0.3 is 18.0 Å². The molecule has 2 N–H and O–H groups in total. The lowest BCUT2D eigenvalue weighted by Crippen LogP contribution is -2.50. The second kappa shape index (κ2) is 6.11. The van der Waals surface area contributed by atoms with E-state index in [1.807, 2.05) is 0 Å². The van der Waals surface area contributed by atoms with Crippen LogP contribution in [0.1, 0.15) is 27.2 Å². The van der Waals surface area contributed by atoms with E-state index in [9.17, 15) is 14.4 Å². The zero-order chi connectivity index (χ0) is 15.5. The second-order valence-electron chi connectivity index (χ2n) is 5.73. The quantitative estimate of drug-likeness (QED) is 0.741. The number of hydrogen-bond donors (Lipinski definition) is 2.